The molecule has 2 aliphatic heterocycles. The molecule has 0 spiro atoms. The third kappa shape index (κ3) is 4.72. The molecule has 1 atom stereocenters. The lowest BCUT2D eigenvalue weighted by Gasteiger charge is -2.24. The molecule has 0 N–H and O–H groups in total. The maximum atomic E-state index is 13.1. The van der Waals surface area contributed by atoms with E-state index >= 15 is 0 Å². The van der Waals surface area contributed by atoms with Gasteiger partial charge in [0.05, 0.1) is 26.2 Å². The Morgan fingerprint density at radius 2 is 1.85 bits per heavy atom. The minimum Gasteiger partial charge on any atom is -0.493 e. The highest BCUT2D eigenvalue weighted by molar-refractivity contribution is 8.26. The third-order valence-electron chi connectivity index (χ3n) is 5.56. The number of thiocarbonyl (C=S) groups is 1. The van der Waals surface area contributed by atoms with E-state index in [2.05, 4.69) is 0 Å². The van der Waals surface area contributed by atoms with Gasteiger partial charge < -0.3 is 18.9 Å². The molecule has 0 bridgehead atoms. The van der Waals surface area contributed by atoms with Crippen LogP contribution < -0.4 is 18.9 Å². The van der Waals surface area contributed by atoms with E-state index in [9.17, 15) is 4.79 Å². The summed E-state index contributed by atoms with van der Waals surface area (Å²) in [5.74, 6) is 2.65. The quantitative estimate of drug-likeness (QED) is 0.412. The molecule has 1 unspecified atom stereocenters. The van der Waals surface area contributed by atoms with Gasteiger partial charge in [-0.2, -0.15) is 0 Å². The van der Waals surface area contributed by atoms with Gasteiger partial charge in [0.2, 0.25) is 0 Å². The van der Waals surface area contributed by atoms with E-state index < -0.39 is 0 Å². The van der Waals surface area contributed by atoms with E-state index in [-0.39, 0.29) is 12.0 Å². The lowest BCUT2D eigenvalue weighted by Crippen LogP contribution is -2.30. The Bertz CT molecular complexity index is 1160. The van der Waals surface area contributed by atoms with Crippen molar-refractivity contribution in [3.05, 3.63) is 64.1 Å². The molecule has 1 amide bonds. The van der Waals surface area contributed by atoms with Crippen molar-refractivity contribution in [1.82, 2.24) is 4.90 Å². The Morgan fingerprint density at radius 1 is 1.09 bits per heavy atom. The number of carbonyl (C=O) groups is 1. The maximum absolute atomic E-state index is 13.1. The Kier molecular flexibility index (Phi) is 6.95. The van der Waals surface area contributed by atoms with Crippen LogP contribution in [0, 0.1) is 0 Å². The summed E-state index contributed by atoms with van der Waals surface area (Å²) in [6, 6.07) is 11.5. The summed E-state index contributed by atoms with van der Waals surface area (Å²) < 4.78 is 22.7. The molecule has 33 heavy (non-hydrogen) atoms. The van der Waals surface area contributed by atoms with Gasteiger partial charge in [-0.05, 0) is 54.8 Å². The SMILES string of the molecule is COc1ccc(CCN2C(=O)/C(=C/C3=Cc4cccc(OC)c4OC3C)SC2=S)cc1OC. The molecule has 2 aromatic rings. The molecule has 1 fully saturated rings. The van der Waals surface area contributed by atoms with Crippen LogP contribution in [-0.2, 0) is 11.2 Å². The predicted octanol–water partition coefficient (Wildman–Crippen LogP) is 4.86. The minimum absolute atomic E-state index is 0.0879. The number of hydrogen-bond acceptors (Lipinski definition) is 7. The van der Waals surface area contributed by atoms with Crippen LogP contribution in [-0.4, -0.2) is 49.1 Å². The van der Waals surface area contributed by atoms with Crippen LogP contribution in [0.4, 0.5) is 0 Å². The summed E-state index contributed by atoms with van der Waals surface area (Å²) in [6.07, 6.45) is 4.34. The van der Waals surface area contributed by atoms with Crippen LogP contribution in [0.5, 0.6) is 23.0 Å². The number of thioether (sulfide) groups is 1. The van der Waals surface area contributed by atoms with Crippen LogP contribution in [0.3, 0.4) is 0 Å². The maximum Gasteiger partial charge on any atom is 0.266 e. The number of amides is 1. The van der Waals surface area contributed by atoms with Gasteiger partial charge in [0.25, 0.3) is 5.91 Å². The van der Waals surface area contributed by atoms with Crippen LogP contribution in [0.25, 0.3) is 6.08 Å². The van der Waals surface area contributed by atoms with Crippen LogP contribution in [0.2, 0.25) is 0 Å². The monoisotopic (exact) mass is 483 g/mol. The van der Waals surface area contributed by atoms with Gasteiger partial charge in [-0.25, -0.2) is 0 Å². The van der Waals surface area contributed by atoms with Gasteiger partial charge in [-0.3, -0.25) is 9.69 Å². The van der Waals surface area contributed by atoms with Crippen molar-refractivity contribution in [1.29, 1.82) is 0 Å². The lowest BCUT2D eigenvalue weighted by atomic mass is 10.0. The van der Waals surface area contributed by atoms with Gasteiger partial charge in [-0.15, -0.1) is 0 Å². The molecule has 172 valence electrons. The van der Waals surface area contributed by atoms with Crippen molar-refractivity contribution in [3.8, 4) is 23.0 Å². The number of para-hydroxylation sites is 1. The summed E-state index contributed by atoms with van der Waals surface area (Å²) in [6.45, 7) is 2.44. The Morgan fingerprint density at radius 3 is 2.58 bits per heavy atom. The number of carbonyl (C=O) groups excluding carboxylic acids is 1. The van der Waals surface area contributed by atoms with E-state index in [4.69, 9.17) is 31.2 Å². The van der Waals surface area contributed by atoms with E-state index in [0.717, 1.165) is 16.7 Å². The van der Waals surface area contributed by atoms with Crippen molar-refractivity contribution in [3.63, 3.8) is 0 Å². The first-order valence-electron chi connectivity index (χ1n) is 10.5. The summed E-state index contributed by atoms with van der Waals surface area (Å²) in [7, 11) is 4.83. The van der Waals surface area contributed by atoms with Crippen LogP contribution in [0.15, 0.2) is 53.0 Å². The van der Waals surface area contributed by atoms with Crippen molar-refractivity contribution in [2.24, 2.45) is 0 Å². The fourth-order valence-corrected chi connectivity index (χ4v) is 5.06. The normalized spacial score (nSPS) is 18.7. The lowest BCUT2D eigenvalue weighted by molar-refractivity contribution is -0.122. The average molecular weight is 484 g/mol. The Balaban J connectivity index is 1.50. The summed E-state index contributed by atoms with van der Waals surface area (Å²) >= 11 is 6.82. The molecule has 6 nitrogen and oxygen atoms in total. The highest BCUT2D eigenvalue weighted by Crippen LogP contribution is 2.40. The highest BCUT2D eigenvalue weighted by Gasteiger charge is 2.33. The number of fused-ring (bicyclic) bond motifs is 1. The molecule has 0 aromatic heterocycles. The van der Waals surface area contributed by atoms with E-state index in [0.29, 0.717) is 45.2 Å². The zero-order valence-electron chi connectivity index (χ0n) is 18.9. The second-order valence-electron chi connectivity index (χ2n) is 7.56. The standard InChI is InChI=1S/C25H25NO5S2/c1-15-18(13-17-6-5-7-20(29-3)23(17)31-15)14-22-24(27)26(25(32)33-22)11-10-16-8-9-19(28-2)21(12-16)30-4/h5-9,12-15H,10-11H2,1-4H3/b22-14-. The molecule has 4 rings (SSSR count). The first kappa shape index (κ1) is 23.2. The molecule has 2 aromatic carbocycles. The zero-order chi connectivity index (χ0) is 23.5. The van der Waals surface area contributed by atoms with Crippen molar-refractivity contribution in [2.75, 3.05) is 27.9 Å². The summed E-state index contributed by atoms with van der Waals surface area (Å²) in [5, 5.41) is 0. The summed E-state index contributed by atoms with van der Waals surface area (Å²) in [4.78, 5) is 15.3. The predicted molar refractivity (Wildman–Crippen MR) is 134 cm³/mol. The number of ether oxygens (including phenoxy) is 4. The molecule has 2 heterocycles. The largest absolute Gasteiger partial charge is 0.493 e. The molecule has 1 saturated heterocycles. The second-order valence-corrected chi connectivity index (χ2v) is 9.23. The highest BCUT2D eigenvalue weighted by atomic mass is 32.2. The van der Waals surface area contributed by atoms with E-state index in [1.54, 1.807) is 26.2 Å². The number of methoxy groups -OCH3 is 3. The van der Waals surface area contributed by atoms with E-state index in [1.165, 1.54) is 11.8 Å². The van der Waals surface area contributed by atoms with Gasteiger partial charge in [0.1, 0.15) is 10.4 Å². The molecule has 8 heteroatoms. The Hall–Kier alpha value is -2.97. The third-order valence-corrected chi connectivity index (χ3v) is 6.94. The smallest absolute Gasteiger partial charge is 0.266 e. The van der Waals surface area contributed by atoms with Gasteiger partial charge in [0.15, 0.2) is 23.0 Å². The van der Waals surface area contributed by atoms with Gasteiger partial charge >= 0.3 is 0 Å². The van der Waals surface area contributed by atoms with Gasteiger partial charge in [-0.1, -0.05) is 42.2 Å². The number of hydrogen-bond donors (Lipinski definition) is 0. The molecule has 0 saturated carbocycles. The summed E-state index contributed by atoms with van der Waals surface area (Å²) in [5.41, 5.74) is 2.87. The number of rotatable bonds is 7. The molecule has 2 aliphatic rings. The molecular formula is C25H25NO5S2. The first-order chi connectivity index (χ1) is 15.9. The molecular weight excluding hydrogens is 458 g/mol. The van der Waals surface area contributed by atoms with Gasteiger partial charge in [0, 0.05) is 12.1 Å². The number of nitrogens with zero attached hydrogens (tertiary/aromatic N) is 1. The van der Waals surface area contributed by atoms with Crippen molar-refractivity contribution in [2.45, 2.75) is 19.4 Å². The second kappa shape index (κ2) is 9.89. The Labute approximate surface area is 203 Å². The zero-order valence-corrected chi connectivity index (χ0v) is 20.5. The van der Waals surface area contributed by atoms with E-state index in [1.807, 2.05) is 55.5 Å². The topological polar surface area (TPSA) is 57.2 Å². The van der Waals surface area contributed by atoms with Crippen molar-refractivity contribution >= 4 is 40.3 Å². The molecule has 0 radical (unpaired) electrons. The minimum atomic E-state index is -0.218. The fourth-order valence-electron chi connectivity index (χ4n) is 3.76. The van der Waals surface area contributed by atoms with Crippen molar-refractivity contribution < 1.29 is 23.7 Å². The number of benzene rings is 2. The fraction of sp³-hybridized carbons (Fsp3) is 0.280. The molecule has 0 aliphatic carbocycles. The van der Waals surface area contributed by atoms with Crippen LogP contribution >= 0.6 is 24.0 Å². The average Bonchev–Trinajstić information content (AvgIpc) is 3.09. The first-order valence-corrected chi connectivity index (χ1v) is 11.7. The van der Waals surface area contributed by atoms with Crippen LogP contribution in [0.1, 0.15) is 18.1 Å².